The molecule has 0 saturated carbocycles. The molecule has 0 aromatic heterocycles. The van der Waals surface area contributed by atoms with Crippen molar-refractivity contribution in [3.63, 3.8) is 0 Å². The molecule has 2 aromatic rings. The Morgan fingerprint density at radius 2 is 1.73 bits per heavy atom. The molecule has 2 aromatic carbocycles. The monoisotopic (exact) mass is 534 g/mol. The van der Waals surface area contributed by atoms with Crippen molar-refractivity contribution in [1.29, 1.82) is 0 Å². The topological polar surface area (TPSA) is 84.0 Å². The molecule has 0 heterocycles. The van der Waals surface area contributed by atoms with Crippen LogP contribution in [-0.4, -0.2) is 39.2 Å². The number of para-hydroxylation sites is 1. The maximum absolute atomic E-state index is 12.5. The molecular weight excluding hydrogens is 509 g/mol. The Morgan fingerprint density at radius 1 is 1.03 bits per heavy atom. The molecule has 0 radical (unpaired) electrons. The Balaban J connectivity index is 0.00000450. The van der Waals surface area contributed by atoms with Crippen LogP contribution < -0.4 is 25.4 Å². The lowest BCUT2D eigenvalue weighted by molar-refractivity contribution is -0.120. The van der Waals surface area contributed by atoms with Crippen molar-refractivity contribution in [2.24, 2.45) is 4.99 Å². The number of guanidine groups is 1. The number of hydrogen-bond acceptors (Lipinski definition) is 4. The normalized spacial score (nSPS) is 10.8. The first kappa shape index (κ1) is 25.4. The average molecular weight is 534 g/mol. The zero-order valence-electron chi connectivity index (χ0n) is 16.7. The zero-order chi connectivity index (χ0) is 21.1. The molecule has 3 N–H and O–H groups in total. The first-order valence-electron chi connectivity index (χ1n) is 8.88. The summed E-state index contributed by atoms with van der Waals surface area (Å²) in [4.78, 5) is 16.0. The fraction of sp³-hybridized carbons (Fsp3) is 0.300. The summed E-state index contributed by atoms with van der Waals surface area (Å²) >= 11 is 0. The minimum Gasteiger partial charge on any atom is -0.497 e. The van der Waals surface area contributed by atoms with Crippen molar-refractivity contribution in [2.75, 3.05) is 20.7 Å². The van der Waals surface area contributed by atoms with Gasteiger partial charge in [-0.2, -0.15) is 8.78 Å². The quantitative estimate of drug-likeness (QED) is 0.262. The lowest BCUT2D eigenvalue weighted by atomic mass is 10.2. The first-order chi connectivity index (χ1) is 14.0. The van der Waals surface area contributed by atoms with Crippen LogP contribution in [0.25, 0.3) is 0 Å². The third kappa shape index (κ3) is 8.80. The second-order valence-electron chi connectivity index (χ2n) is 5.89. The number of nitrogens with zero attached hydrogens (tertiary/aromatic N) is 1. The molecule has 0 saturated heterocycles. The summed E-state index contributed by atoms with van der Waals surface area (Å²) < 4.78 is 34.5. The molecular formula is C20H25F2IN4O3. The van der Waals surface area contributed by atoms with E-state index < -0.39 is 6.61 Å². The Morgan fingerprint density at radius 3 is 2.37 bits per heavy atom. The van der Waals surface area contributed by atoms with E-state index in [0.717, 1.165) is 11.3 Å². The van der Waals surface area contributed by atoms with E-state index in [4.69, 9.17) is 4.74 Å². The van der Waals surface area contributed by atoms with Crippen LogP contribution in [0.15, 0.2) is 53.5 Å². The highest BCUT2D eigenvalue weighted by Gasteiger charge is 2.10. The van der Waals surface area contributed by atoms with Gasteiger partial charge in [0.05, 0.1) is 13.7 Å². The lowest BCUT2D eigenvalue weighted by Crippen LogP contribution is -2.42. The van der Waals surface area contributed by atoms with Gasteiger partial charge in [-0.25, -0.2) is 0 Å². The summed E-state index contributed by atoms with van der Waals surface area (Å²) in [5, 5.41) is 8.63. The molecule has 7 nitrogen and oxygen atoms in total. The van der Waals surface area contributed by atoms with Gasteiger partial charge in [0.15, 0.2) is 5.96 Å². The second-order valence-corrected chi connectivity index (χ2v) is 5.89. The van der Waals surface area contributed by atoms with Crippen LogP contribution in [0.4, 0.5) is 8.78 Å². The highest BCUT2D eigenvalue weighted by molar-refractivity contribution is 14.0. The predicted octanol–water partition coefficient (Wildman–Crippen LogP) is 2.90. The largest absolute Gasteiger partial charge is 0.497 e. The summed E-state index contributed by atoms with van der Waals surface area (Å²) in [6, 6.07) is 13.8. The molecule has 0 aliphatic rings. The first-order valence-corrected chi connectivity index (χ1v) is 8.88. The number of rotatable bonds is 9. The van der Waals surface area contributed by atoms with Crippen LogP contribution in [0.2, 0.25) is 0 Å². The summed E-state index contributed by atoms with van der Waals surface area (Å²) in [6.45, 7) is -2.31. The van der Waals surface area contributed by atoms with Gasteiger partial charge in [-0.1, -0.05) is 30.3 Å². The minimum absolute atomic E-state index is 0. The maximum Gasteiger partial charge on any atom is 0.387 e. The van der Waals surface area contributed by atoms with Gasteiger partial charge >= 0.3 is 6.61 Å². The fourth-order valence-electron chi connectivity index (χ4n) is 2.43. The van der Waals surface area contributed by atoms with E-state index in [-0.39, 0.29) is 48.7 Å². The summed E-state index contributed by atoms with van der Waals surface area (Å²) in [7, 11) is 3.14. The van der Waals surface area contributed by atoms with E-state index >= 15 is 0 Å². The Labute approximate surface area is 191 Å². The van der Waals surface area contributed by atoms with Crippen molar-refractivity contribution in [2.45, 2.75) is 19.7 Å². The van der Waals surface area contributed by atoms with Crippen LogP contribution in [-0.2, 0) is 17.9 Å². The van der Waals surface area contributed by atoms with Crippen molar-refractivity contribution < 1.29 is 23.0 Å². The van der Waals surface area contributed by atoms with Crippen LogP contribution in [0.5, 0.6) is 11.5 Å². The van der Waals surface area contributed by atoms with E-state index in [1.54, 1.807) is 32.4 Å². The number of methoxy groups -OCH3 is 1. The predicted molar refractivity (Wildman–Crippen MR) is 122 cm³/mol. The SMILES string of the molecule is CN=C(NCC(=O)NCc1ccc(OC)cc1)NCc1ccccc1OC(F)F.I. The molecule has 0 bridgehead atoms. The summed E-state index contributed by atoms with van der Waals surface area (Å²) in [6.07, 6.45) is 0. The number of carbonyl (C=O) groups is 1. The van der Waals surface area contributed by atoms with E-state index in [0.29, 0.717) is 18.1 Å². The Kier molecular flexibility index (Phi) is 11.5. The molecule has 1 amide bonds. The number of carbonyl (C=O) groups excluding carboxylic acids is 1. The van der Waals surface area contributed by atoms with Crippen LogP contribution in [0.3, 0.4) is 0 Å². The molecule has 0 aliphatic heterocycles. The van der Waals surface area contributed by atoms with Gasteiger partial charge in [-0.3, -0.25) is 9.79 Å². The molecule has 30 heavy (non-hydrogen) atoms. The number of halogens is 3. The number of amides is 1. The number of nitrogens with one attached hydrogen (secondary N) is 3. The van der Waals surface area contributed by atoms with E-state index in [1.807, 2.05) is 24.3 Å². The minimum atomic E-state index is -2.90. The van der Waals surface area contributed by atoms with Gasteiger partial charge in [-0.15, -0.1) is 24.0 Å². The molecule has 2 rings (SSSR count). The third-order valence-corrected chi connectivity index (χ3v) is 3.92. The van der Waals surface area contributed by atoms with Crippen LogP contribution in [0, 0.1) is 0 Å². The Bertz CT molecular complexity index is 820. The highest BCUT2D eigenvalue weighted by Crippen LogP contribution is 2.19. The molecule has 10 heteroatoms. The van der Waals surface area contributed by atoms with Gasteiger partial charge in [0.1, 0.15) is 11.5 Å². The number of alkyl halides is 2. The highest BCUT2D eigenvalue weighted by atomic mass is 127. The lowest BCUT2D eigenvalue weighted by Gasteiger charge is -2.14. The van der Waals surface area contributed by atoms with Crippen molar-refractivity contribution in [1.82, 2.24) is 16.0 Å². The molecule has 0 fully saturated rings. The van der Waals surface area contributed by atoms with Gasteiger partial charge < -0.3 is 25.4 Å². The van der Waals surface area contributed by atoms with E-state index in [9.17, 15) is 13.6 Å². The van der Waals surface area contributed by atoms with E-state index in [2.05, 4.69) is 25.7 Å². The number of hydrogen-bond donors (Lipinski definition) is 3. The van der Waals surface area contributed by atoms with Gasteiger partial charge in [0, 0.05) is 25.7 Å². The average Bonchev–Trinajstić information content (AvgIpc) is 2.73. The zero-order valence-corrected chi connectivity index (χ0v) is 19.0. The second kappa shape index (κ2) is 13.6. The van der Waals surface area contributed by atoms with Crippen molar-refractivity contribution >= 4 is 35.8 Å². The summed E-state index contributed by atoms with van der Waals surface area (Å²) in [5.74, 6) is 0.974. The van der Waals surface area contributed by atoms with Crippen LogP contribution >= 0.6 is 24.0 Å². The van der Waals surface area contributed by atoms with Crippen LogP contribution in [0.1, 0.15) is 11.1 Å². The molecule has 164 valence electrons. The third-order valence-electron chi connectivity index (χ3n) is 3.92. The van der Waals surface area contributed by atoms with Gasteiger partial charge in [0.2, 0.25) is 5.91 Å². The molecule has 0 unspecified atom stereocenters. The number of ether oxygens (including phenoxy) is 2. The molecule has 0 atom stereocenters. The molecule has 0 spiro atoms. The van der Waals surface area contributed by atoms with E-state index in [1.165, 1.54) is 6.07 Å². The number of aliphatic imine (C=N–C) groups is 1. The fourth-order valence-corrected chi connectivity index (χ4v) is 2.43. The van der Waals surface area contributed by atoms with Crippen molar-refractivity contribution in [3.8, 4) is 11.5 Å². The molecule has 0 aliphatic carbocycles. The maximum atomic E-state index is 12.5. The van der Waals surface area contributed by atoms with Gasteiger partial charge in [-0.05, 0) is 23.8 Å². The Hall–Kier alpha value is -2.63. The van der Waals surface area contributed by atoms with Crippen molar-refractivity contribution in [3.05, 3.63) is 59.7 Å². The smallest absolute Gasteiger partial charge is 0.387 e. The standard InChI is InChI=1S/C20H24F2N4O3.HI/c1-23-20(25-12-15-5-3-4-6-17(15)29-19(21)22)26-13-18(27)24-11-14-7-9-16(28-2)10-8-14;/h3-10,19H,11-13H2,1-2H3,(H,24,27)(H2,23,25,26);1H. The summed E-state index contributed by atoms with van der Waals surface area (Å²) in [5.41, 5.74) is 1.48. The van der Waals surface area contributed by atoms with Gasteiger partial charge in [0.25, 0.3) is 0 Å². The number of benzene rings is 2.